The molecule has 63 valence electrons. The van der Waals surface area contributed by atoms with Crippen LogP contribution in [0.25, 0.3) is 11.0 Å². The SMILES string of the molecule is CC(C#N)n1[c]nc2ccccc21. The van der Waals surface area contributed by atoms with Gasteiger partial charge in [-0.3, -0.25) is 0 Å². The molecule has 0 amide bonds. The first-order valence-electron chi connectivity index (χ1n) is 4.07. The molecule has 13 heavy (non-hydrogen) atoms. The highest BCUT2D eigenvalue weighted by atomic mass is 15.1. The van der Waals surface area contributed by atoms with Gasteiger partial charge in [-0.1, -0.05) is 12.1 Å². The van der Waals surface area contributed by atoms with E-state index in [1.165, 1.54) is 0 Å². The van der Waals surface area contributed by atoms with Gasteiger partial charge in [0.15, 0.2) is 6.33 Å². The Balaban J connectivity index is 2.66. The molecular formula is C10H8N3. The van der Waals surface area contributed by atoms with Crippen LogP contribution in [0, 0.1) is 17.7 Å². The molecule has 3 nitrogen and oxygen atoms in total. The lowest BCUT2D eigenvalue weighted by Gasteiger charge is -2.03. The van der Waals surface area contributed by atoms with Crippen molar-refractivity contribution >= 4 is 11.0 Å². The number of nitriles is 1. The molecule has 1 aromatic heterocycles. The summed E-state index contributed by atoms with van der Waals surface area (Å²) in [6, 6.07) is 9.63. The highest BCUT2D eigenvalue weighted by Crippen LogP contribution is 2.15. The van der Waals surface area contributed by atoms with Crippen molar-refractivity contribution in [3.05, 3.63) is 30.6 Å². The van der Waals surface area contributed by atoms with Crippen LogP contribution in [0.4, 0.5) is 0 Å². The average Bonchev–Trinajstić information content (AvgIpc) is 2.60. The zero-order valence-corrected chi connectivity index (χ0v) is 7.23. The largest absolute Gasteiger partial charge is 0.305 e. The molecule has 2 rings (SSSR count). The molecule has 1 unspecified atom stereocenters. The van der Waals surface area contributed by atoms with Gasteiger partial charge in [0.1, 0.15) is 6.04 Å². The molecule has 0 spiro atoms. The van der Waals surface area contributed by atoms with E-state index in [2.05, 4.69) is 17.4 Å². The van der Waals surface area contributed by atoms with Crippen LogP contribution >= 0.6 is 0 Å². The van der Waals surface area contributed by atoms with Crippen LogP contribution in [0.5, 0.6) is 0 Å². The lowest BCUT2D eigenvalue weighted by molar-refractivity contribution is 0.688. The summed E-state index contributed by atoms with van der Waals surface area (Å²) in [5.74, 6) is 0. The van der Waals surface area contributed by atoms with Gasteiger partial charge in [0.2, 0.25) is 0 Å². The highest BCUT2D eigenvalue weighted by Gasteiger charge is 2.07. The molecule has 1 aromatic carbocycles. The number of imidazole rings is 1. The van der Waals surface area contributed by atoms with Crippen molar-refractivity contribution in [1.29, 1.82) is 5.26 Å². The molecule has 2 aromatic rings. The first kappa shape index (κ1) is 7.81. The van der Waals surface area contributed by atoms with Gasteiger partial charge in [0, 0.05) is 0 Å². The minimum atomic E-state index is -0.215. The van der Waals surface area contributed by atoms with Crippen LogP contribution in [0.3, 0.4) is 0 Å². The monoisotopic (exact) mass is 170 g/mol. The van der Waals surface area contributed by atoms with Crippen molar-refractivity contribution in [1.82, 2.24) is 9.55 Å². The molecule has 1 atom stereocenters. The van der Waals surface area contributed by atoms with Crippen molar-refractivity contribution in [2.45, 2.75) is 13.0 Å². The molecule has 0 aliphatic heterocycles. The fourth-order valence-corrected chi connectivity index (χ4v) is 1.28. The molecular weight excluding hydrogens is 162 g/mol. The van der Waals surface area contributed by atoms with Crippen LogP contribution in [-0.4, -0.2) is 9.55 Å². The van der Waals surface area contributed by atoms with E-state index in [0.29, 0.717) is 0 Å². The molecule has 1 radical (unpaired) electrons. The summed E-state index contributed by atoms with van der Waals surface area (Å²) in [4.78, 5) is 4.07. The summed E-state index contributed by atoms with van der Waals surface area (Å²) in [6.07, 6.45) is 2.81. The maximum Gasteiger partial charge on any atom is 0.178 e. The Kier molecular flexibility index (Phi) is 1.75. The number of aromatic nitrogens is 2. The first-order chi connectivity index (χ1) is 6.33. The van der Waals surface area contributed by atoms with E-state index in [9.17, 15) is 0 Å². The molecule has 0 aliphatic carbocycles. The summed E-state index contributed by atoms with van der Waals surface area (Å²) >= 11 is 0. The fraction of sp³-hybridized carbons (Fsp3) is 0.200. The molecule has 0 bridgehead atoms. The van der Waals surface area contributed by atoms with Gasteiger partial charge in [-0.05, 0) is 19.1 Å². The van der Waals surface area contributed by atoms with Crippen molar-refractivity contribution < 1.29 is 0 Å². The minimum absolute atomic E-state index is 0.215. The number of para-hydroxylation sites is 2. The molecule has 0 saturated carbocycles. The van der Waals surface area contributed by atoms with Crippen molar-refractivity contribution in [3.63, 3.8) is 0 Å². The Morgan fingerprint density at radius 2 is 2.31 bits per heavy atom. The normalized spacial score (nSPS) is 12.6. The Hall–Kier alpha value is -1.82. The van der Waals surface area contributed by atoms with Gasteiger partial charge < -0.3 is 4.57 Å². The molecule has 1 heterocycles. The van der Waals surface area contributed by atoms with E-state index in [-0.39, 0.29) is 6.04 Å². The Morgan fingerprint density at radius 1 is 1.54 bits per heavy atom. The first-order valence-corrected chi connectivity index (χ1v) is 4.07. The number of hydrogen-bond acceptors (Lipinski definition) is 2. The van der Waals surface area contributed by atoms with Crippen LogP contribution in [0.2, 0.25) is 0 Å². The third-order valence-corrected chi connectivity index (χ3v) is 1.99. The quantitative estimate of drug-likeness (QED) is 0.656. The van der Waals surface area contributed by atoms with Gasteiger partial charge in [0.05, 0.1) is 17.1 Å². The van der Waals surface area contributed by atoms with Crippen molar-refractivity contribution in [2.75, 3.05) is 0 Å². The fourth-order valence-electron chi connectivity index (χ4n) is 1.28. The molecule has 3 heteroatoms. The Labute approximate surface area is 76.2 Å². The Bertz CT molecular complexity index is 464. The number of fused-ring (bicyclic) bond motifs is 1. The number of benzene rings is 1. The van der Waals surface area contributed by atoms with Crippen LogP contribution in [0.15, 0.2) is 24.3 Å². The third kappa shape index (κ3) is 1.17. The average molecular weight is 170 g/mol. The summed E-state index contributed by atoms with van der Waals surface area (Å²) in [5, 5.41) is 8.75. The lowest BCUT2D eigenvalue weighted by Crippen LogP contribution is -2.00. The number of rotatable bonds is 1. The summed E-state index contributed by atoms with van der Waals surface area (Å²) in [6.45, 7) is 1.82. The van der Waals surface area contributed by atoms with E-state index in [0.717, 1.165) is 11.0 Å². The maximum absolute atomic E-state index is 8.75. The molecule has 0 N–H and O–H groups in total. The summed E-state index contributed by atoms with van der Waals surface area (Å²) in [7, 11) is 0. The predicted octanol–water partition coefficient (Wildman–Crippen LogP) is 1.92. The van der Waals surface area contributed by atoms with E-state index >= 15 is 0 Å². The van der Waals surface area contributed by atoms with E-state index in [4.69, 9.17) is 5.26 Å². The van der Waals surface area contributed by atoms with Crippen LogP contribution in [-0.2, 0) is 0 Å². The third-order valence-electron chi connectivity index (χ3n) is 1.99. The van der Waals surface area contributed by atoms with Crippen LogP contribution < -0.4 is 0 Å². The highest BCUT2D eigenvalue weighted by molar-refractivity contribution is 5.75. The topological polar surface area (TPSA) is 41.6 Å². The van der Waals surface area contributed by atoms with Crippen molar-refractivity contribution in [2.24, 2.45) is 0 Å². The zero-order valence-electron chi connectivity index (χ0n) is 7.23. The van der Waals surface area contributed by atoms with Gasteiger partial charge in [-0.15, -0.1) is 0 Å². The van der Waals surface area contributed by atoms with E-state index in [1.807, 2.05) is 31.2 Å². The van der Waals surface area contributed by atoms with Crippen molar-refractivity contribution in [3.8, 4) is 6.07 Å². The molecule has 0 saturated heterocycles. The molecule has 0 fully saturated rings. The second-order valence-electron chi connectivity index (χ2n) is 2.88. The lowest BCUT2D eigenvalue weighted by atomic mass is 10.3. The van der Waals surface area contributed by atoms with Gasteiger partial charge in [0.25, 0.3) is 0 Å². The second kappa shape index (κ2) is 2.91. The zero-order chi connectivity index (χ0) is 9.26. The van der Waals surface area contributed by atoms with Gasteiger partial charge in [-0.2, -0.15) is 5.26 Å². The number of hydrogen-bond donors (Lipinski definition) is 0. The maximum atomic E-state index is 8.75. The van der Waals surface area contributed by atoms with Gasteiger partial charge >= 0.3 is 0 Å². The second-order valence-corrected chi connectivity index (χ2v) is 2.88. The Morgan fingerprint density at radius 3 is 3.08 bits per heavy atom. The summed E-state index contributed by atoms with van der Waals surface area (Å²) < 4.78 is 1.75. The van der Waals surface area contributed by atoms with E-state index in [1.54, 1.807) is 4.57 Å². The van der Waals surface area contributed by atoms with Crippen LogP contribution in [0.1, 0.15) is 13.0 Å². The van der Waals surface area contributed by atoms with Gasteiger partial charge in [-0.25, -0.2) is 4.98 Å². The number of nitrogens with zero attached hydrogens (tertiary/aromatic N) is 3. The minimum Gasteiger partial charge on any atom is -0.305 e. The predicted molar refractivity (Wildman–Crippen MR) is 48.9 cm³/mol. The smallest absolute Gasteiger partial charge is 0.178 e. The van der Waals surface area contributed by atoms with E-state index < -0.39 is 0 Å². The molecule has 0 aliphatic rings. The summed E-state index contributed by atoms with van der Waals surface area (Å²) in [5.41, 5.74) is 1.83. The standard InChI is InChI=1S/C10H8N3/c1-8(6-11)13-7-12-9-4-2-3-5-10(9)13/h2-5,8H,1H3.